The minimum atomic E-state index is -1.39. The second kappa shape index (κ2) is 10.7. The maximum Gasteiger partial charge on any atom is 0.336 e. The summed E-state index contributed by atoms with van der Waals surface area (Å²) in [5.41, 5.74) is -0.492. The number of benzene rings is 1. The van der Waals surface area contributed by atoms with Crippen LogP contribution in [-0.2, 0) is 11.8 Å². The number of aromatic nitrogens is 3. The molecule has 1 amide bonds. The molecule has 11 heteroatoms. The van der Waals surface area contributed by atoms with Crippen molar-refractivity contribution < 1.29 is 9.18 Å². The fourth-order valence-corrected chi connectivity index (χ4v) is 5.17. The molecule has 2 aromatic heterocycles. The van der Waals surface area contributed by atoms with Crippen LogP contribution in [0.2, 0.25) is 0 Å². The number of carbonyl (C=O) groups is 1. The molecule has 0 spiro atoms. The SMILES string of the molecule is CCC(C)n1c(=O)c2c(NC3C=CC(I)=CC3F)n(C)c(=O)c(C)c2n(-c2cccc(NC(C)=O)c2)c1=O. The first-order chi connectivity index (χ1) is 18.0. The molecular formula is C27H29FIN5O4. The fraction of sp³-hybridized carbons (Fsp3) is 0.333. The monoisotopic (exact) mass is 633 g/mol. The van der Waals surface area contributed by atoms with Gasteiger partial charge in [0.2, 0.25) is 5.91 Å². The number of rotatable bonds is 6. The molecule has 3 aromatic rings. The number of fused-ring (bicyclic) bond motifs is 1. The number of anilines is 2. The van der Waals surface area contributed by atoms with Crippen LogP contribution in [-0.4, -0.2) is 31.8 Å². The van der Waals surface area contributed by atoms with E-state index in [2.05, 4.69) is 10.6 Å². The molecule has 2 heterocycles. The lowest BCUT2D eigenvalue weighted by molar-refractivity contribution is -0.114. The zero-order valence-electron chi connectivity index (χ0n) is 21.7. The molecule has 200 valence electrons. The Morgan fingerprint density at radius 1 is 1.21 bits per heavy atom. The third kappa shape index (κ3) is 4.86. The van der Waals surface area contributed by atoms with Gasteiger partial charge in [-0.05, 0) is 67.1 Å². The van der Waals surface area contributed by atoms with Crippen LogP contribution in [0.25, 0.3) is 16.6 Å². The topological polar surface area (TPSA) is 107 Å². The summed E-state index contributed by atoms with van der Waals surface area (Å²) < 4.78 is 19.5. The maximum atomic E-state index is 15.0. The van der Waals surface area contributed by atoms with Crippen molar-refractivity contribution in [1.29, 1.82) is 0 Å². The smallest absolute Gasteiger partial charge is 0.336 e. The summed E-state index contributed by atoms with van der Waals surface area (Å²) in [7, 11) is 1.51. The first kappa shape index (κ1) is 27.6. The van der Waals surface area contributed by atoms with E-state index in [9.17, 15) is 23.6 Å². The van der Waals surface area contributed by atoms with Gasteiger partial charge in [-0.25, -0.2) is 9.18 Å². The molecule has 0 radical (unpaired) electrons. The van der Waals surface area contributed by atoms with Crippen molar-refractivity contribution in [2.45, 2.75) is 52.4 Å². The Morgan fingerprint density at radius 2 is 1.92 bits per heavy atom. The van der Waals surface area contributed by atoms with E-state index in [1.807, 2.05) is 29.5 Å². The summed E-state index contributed by atoms with van der Waals surface area (Å²) >= 11 is 2.02. The summed E-state index contributed by atoms with van der Waals surface area (Å²) in [4.78, 5) is 52.9. The van der Waals surface area contributed by atoms with Gasteiger partial charge in [-0.3, -0.25) is 28.1 Å². The minimum absolute atomic E-state index is 0.0966. The Labute approximate surface area is 231 Å². The number of hydrogen-bond acceptors (Lipinski definition) is 5. The minimum Gasteiger partial charge on any atom is -0.361 e. The summed E-state index contributed by atoms with van der Waals surface area (Å²) in [6.07, 6.45) is 3.96. The van der Waals surface area contributed by atoms with E-state index >= 15 is 0 Å². The normalized spacial score (nSPS) is 17.8. The first-order valence-corrected chi connectivity index (χ1v) is 13.3. The number of nitrogens with one attached hydrogen (secondary N) is 2. The number of hydrogen-bond donors (Lipinski definition) is 2. The molecule has 1 aliphatic rings. The van der Waals surface area contributed by atoms with Crippen LogP contribution >= 0.6 is 22.6 Å². The van der Waals surface area contributed by atoms with E-state index < -0.39 is 35.1 Å². The molecule has 2 N–H and O–H groups in total. The highest BCUT2D eigenvalue weighted by molar-refractivity contribution is 14.1. The highest BCUT2D eigenvalue weighted by Crippen LogP contribution is 2.27. The second-order valence-corrected chi connectivity index (χ2v) is 10.6. The largest absolute Gasteiger partial charge is 0.361 e. The second-order valence-electron chi connectivity index (χ2n) is 9.37. The van der Waals surface area contributed by atoms with Gasteiger partial charge in [0.25, 0.3) is 11.1 Å². The summed E-state index contributed by atoms with van der Waals surface area (Å²) in [5, 5.41) is 5.85. The molecule has 38 heavy (non-hydrogen) atoms. The number of carbonyl (C=O) groups excluding carboxylic acids is 1. The van der Waals surface area contributed by atoms with Crippen LogP contribution < -0.4 is 27.4 Å². The summed E-state index contributed by atoms with van der Waals surface area (Å²) in [6.45, 7) is 6.56. The van der Waals surface area contributed by atoms with Crippen LogP contribution in [0, 0.1) is 6.92 Å². The predicted molar refractivity (Wildman–Crippen MR) is 157 cm³/mol. The van der Waals surface area contributed by atoms with Crippen molar-refractivity contribution in [3.8, 4) is 5.69 Å². The van der Waals surface area contributed by atoms with E-state index in [1.54, 1.807) is 50.3 Å². The van der Waals surface area contributed by atoms with Gasteiger partial charge in [0.15, 0.2) is 0 Å². The zero-order valence-corrected chi connectivity index (χ0v) is 23.9. The van der Waals surface area contributed by atoms with Crippen molar-refractivity contribution in [3.05, 3.63) is 82.8 Å². The maximum absolute atomic E-state index is 15.0. The molecule has 0 fully saturated rings. The van der Waals surface area contributed by atoms with Crippen LogP contribution in [0.1, 0.15) is 38.8 Å². The van der Waals surface area contributed by atoms with E-state index in [1.165, 1.54) is 29.2 Å². The first-order valence-electron chi connectivity index (χ1n) is 12.2. The number of nitrogens with zero attached hydrogens (tertiary/aromatic N) is 3. The number of halogens is 2. The van der Waals surface area contributed by atoms with Crippen LogP contribution in [0.5, 0.6) is 0 Å². The van der Waals surface area contributed by atoms with Crippen LogP contribution in [0.15, 0.2) is 60.5 Å². The molecule has 4 rings (SSSR count). The molecule has 9 nitrogen and oxygen atoms in total. The van der Waals surface area contributed by atoms with Gasteiger partial charge < -0.3 is 10.6 Å². The Hall–Kier alpha value is -3.48. The Bertz CT molecular complexity index is 1680. The van der Waals surface area contributed by atoms with Gasteiger partial charge in [-0.1, -0.05) is 25.1 Å². The summed E-state index contributed by atoms with van der Waals surface area (Å²) in [6, 6.07) is 5.32. The van der Waals surface area contributed by atoms with E-state index in [4.69, 9.17) is 0 Å². The third-order valence-corrected chi connectivity index (χ3v) is 7.45. The van der Waals surface area contributed by atoms with Gasteiger partial charge in [-0.15, -0.1) is 0 Å². The fourth-order valence-electron chi connectivity index (χ4n) is 4.62. The lowest BCUT2D eigenvalue weighted by atomic mass is 10.1. The summed E-state index contributed by atoms with van der Waals surface area (Å²) in [5.74, 6) is -0.169. The molecule has 3 atom stereocenters. The van der Waals surface area contributed by atoms with Crippen molar-refractivity contribution in [2.24, 2.45) is 7.05 Å². The van der Waals surface area contributed by atoms with Gasteiger partial charge in [0, 0.05) is 34.8 Å². The third-order valence-electron chi connectivity index (χ3n) is 6.73. The number of allylic oxidation sites excluding steroid dienone is 2. The molecule has 1 aromatic carbocycles. The number of aryl methyl sites for hydroxylation is 1. The molecule has 0 aliphatic heterocycles. The van der Waals surface area contributed by atoms with E-state index in [0.717, 1.165) is 8.15 Å². The standard InChI is InChI=1S/C27H29FIN5O4/c1-6-14(2)33-26(37)22-23(34(27(33)38)19-9-7-8-18(13-19)30-16(4)35)15(3)25(36)32(5)24(22)31-21-11-10-17(29)12-20(21)28/h7-14,20-21,31H,6H2,1-5H3,(H,30,35). The van der Waals surface area contributed by atoms with Crippen molar-refractivity contribution >= 4 is 50.9 Å². The number of amides is 1. The molecule has 0 saturated carbocycles. The average Bonchev–Trinajstić information content (AvgIpc) is 2.86. The number of alkyl halides is 1. The Morgan fingerprint density at radius 3 is 2.55 bits per heavy atom. The van der Waals surface area contributed by atoms with Gasteiger partial charge >= 0.3 is 5.69 Å². The lowest BCUT2D eigenvalue weighted by Gasteiger charge is -2.26. The molecule has 0 saturated heterocycles. The number of pyridine rings is 1. The van der Waals surface area contributed by atoms with Crippen molar-refractivity contribution in [1.82, 2.24) is 13.7 Å². The lowest BCUT2D eigenvalue weighted by Crippen LogP contribution is -2.43. The van der Waals surface area contributed by atoms with E-state index in [-0.39, 0.29) is 28.2 Å². The van der Waals surface area contributed by atoms with Crippen molar-refractivity contribution in [3.63, 3.8) is 0 Å². The van der Waals surface area contributed by atoms with E-state index in [0.29, 0.717) is 17.8 Å². The van der Waals surface area contributed by atoms with Gasteiger partial charge in [-0.2, -0.15) is 0 Å². The zero-order chi connectivity index (χ0) is 27.9. The Balaban J connectivity index is 2.14. The van der Waals surface area contributed by atoms with Crippen molar-refractivity contribution in [2.75, 3.05) is 10.6 Å². The Kier molecular flexibility index (Phi) is 7.77. The quantitative estimate of drug-likeness (QED) is 0.398. The molecular weight excluding hydrogens is 604 g/mol. The van der Waals surface area contributed by atoms with Gasteiger partial charge in [0.1, 0.15) is 17.4 Å². The highest BCUT2D eigenvalue weighted by Gasteiger charge is 2.27. The predicted octanol–water partition coefficient (Wildman–Crippen LogP) is 4.10. The highest BCUT2D eigenvalue weighted by atomic mass is 127. The van der Waals surface area contributed by atoms with Crippen LogP contribution in [0.3, 0.4) is 0 Å². The molecule has 0 bridgehead atoms. The van der Waals surface area contributed by atoms with Gasteiger partial charge in [0.05, 0.1) is 17.2 Å². The molecule has 3 unspecified atom stereocenters. The average molecular weight is 633 g/mol. The van der Waals surface area contributed by atoms with Crippen LogP contribution in [0.4, 0.5) is 15.9 Å². The molecule has 1 aliphatic carbocycles.